The number of carbonyl (C=O) groups excluding carboxylic acids is 3. The van der Waals surface area contributed by atoms with Gasteiger partial charge in [-0.1, -0.05) is 18.2 Å². The zero-order valence-electron chi connectivity index (χ0n) is 12.4. The van der Waals surface area contributed by atoms with Crippen LogP contribution in [0.2, 0.25) is 0 Å². The molecule has 0 spiro atoms. The van der Waals surface area contributed by atoms with Crippen LogP contribution in [0.1, 0.15) is 30.9 Å². The summed E-state index contributed by atoms with van der Waals surface area (Å²) in [6.07, 6.45) is -4.70. The van der Waals surface area contributed by atoms with Crippen molar-refractivity contribution in [2.75, 3.05) is 0 Å². The second-order valence-corrected chi connectivity index (χ2v) is 5.14. The zero-order chi connectivity index (χ0) is 17.6. The lowest BCUT2D eigenvalue weighted by Gasteiger charge is -2.15. The van der Waals surface area contributed by atoms with Gasteiger partial charge in [0.15, 0.2) is 0 Å². The first-order valence-corrected chi connectivity index (χ1v) is 6.84. The number of halogens is 3. The van der Waals surface area contributed by atoms with E-state index in [4.69, 9.17) is 5.73 Å². The van der Waals surface area contributed by atoms with Crippen LogP contribution in [0.25, 0.3) is 0 Å². The minimum absolute atomic E-state index is 0.0546. The number of alkyl halides is 3. The molecular weight excluding hydrogens is 313 g/mol. The van der Waals surface area contributed by atoms with Crippen molar-refractivity contribution in [3.05, 3.63) is 35.4 Å². The number of hydrogen-bond acceptors (Lipinski definition) is 3. The third-order valence-corrected chi connectivity index (χ3v) is 3.08. The van der Waals surface area contributed by atoms with Gasteiger partial charge in [0.1, 0.15) is 11.8 Å². The van der Waals surface area contributed by atoms with E-state index < -0.39 is 29.6 Å². The maximum absolute atomic E-state index is 12.6. The van der Waals surface area contributed by atoms with E-state index >= 15 is 0 Å². The van der Waals surface area contributed by atoms with Crippen LogP contribution in [0.5, 0.6) is 0 Å². The van der Waals surface area contributed by atoms with Crippen molar-refractivity contribution in [3.8, 4) is 0 Å². The van der Waals surface area contributed by atoms with E-state index in [9.17, 15) is 27.6 Å². The monoisotopic (exact) mass is 330 g/mol. The predicted molar refractivity (Wildman–Crippen MR) is 76.2 cm³/mol. The fourth-order valence-corrected chi connectivity index (χ4v) is 1.92. The summed E-state index contributed by atoms with van der Waals surface area (Å²) in [5, 5.41) is 2.33. The molecule has 3 N–H and O–H groups in total. The maximum Gasteiger partial charge on any atom is 0.416 e. The van der Waals surface area contributed by atoms with Gasteiger partial charge in [-0.15, -0.1) is 0 Å². The summed E-state index contributed by atoms with van der Waals surface area (Å²) in [6.45, 7) is 1.34. The predicted octanol–water partition coefficient (Wildman–Crippen LogP) is 1.59. The Labute approximate surface area is 131 Å². The molecule has 1 rings (SSSR count). The Morgan fingerprint density at radius 3 is 2.43 bits per heavy atom. The first-order chi connectivity index (χ1) is 10.6. The normalized spacial score (nSPS) is 12.5. The molecule has 1 atom stereocenters. The standard InChI is InChI=1S/C15H17F3N2O3/c1-9(21)5-6-12(14(19)23)20-13(22)8-10-3-2-4-11(7-10)15(16,17)18/h2-4,7,12H,5-6,8H2,1H3,(H2,19,23)(H,20,22)/t12-/m1/s1. The average Bonchev–Trinajstić information content (AvgIpc) is 2.42. The zero-order valence-corrected chi connectivity index (χ0v) is 12.4. The molecule has 8 heteroatoms. The van der Waals surface area contributed by atoms with Crippen molar-refractivity contribution in [2.45, 2.75) is 38.4 Å². The molecule has 0 heterocycles. The number of rotatable bonds is 7. The van der Waals surface area contributed by atoms with Gasteiger partial charge in [0.2, 0.25) is 11.8 Å². The highest BCUT2D eigenvalue weighted by Gasteiger charge is 2.30. The fraction of sp³-hybridized carbons (Fsp3) is 0.400. The summed E-state index contributed by atoms with van der Waals surface area (Å²) in [6, 6.07) is 3.32. The van der Waals surface area contributed by atoms with E-state index in [1.807, 2.05) is 0 Å². The lowest BCUT2D eigenvalue weighted by Crippen LogP contribution is -2.45. The molecule has 0 aliphatic rings. The van der Waals surface area contributed by atoms with Gasteiger partial charge in [0, 0.05) is 6.42 Å². The number of primary amides is 1. The summed E-state index contributed by atoms with van der Waals surface area (Å²) in [5.74, 6) is -1.61. The SMILES string of the molecule is CC(=O)CC[C@@H](NC(=O)Cc1cccc(C(F)(F)F)c1)C(N)=O. The van der Waals surface area contributed by atoms with Crippen molar-refractivity contribution in [2.24, 2.45) is 5.73 Å². The lowest BCUT2D eigenvalue weighted by molar-refractivity contribution is -0.137. The Morgan fingerprint density at radius 1 is 1.26 bits per heavy atom. The molecule has 23 heavy (non-hydrogen) atoms. The molecule has 0 bridgehead atoms. The van der Waals surface area contributed by atoms with Crippen LogP contribution in [0.4, 0.5) is 13.2 Å². The van der Waals surface area contributed by atoms with Crippen LogP contribution in [0, 0.1) is 0 Å². The first-order valence-electron chi connectivity index (χ1n) is 6.84. The number of hydrogen-bond donors (Lipinski definition) is 2. The van der Waals surface area contributed by atoms with Gasteiger partial charge in [-0.2, -0.15) is 13.2 Å². The highest BCUT2D eigenvalue weighted by atomic mass is 19.4. The van der Waals surface area contributed by atoms with Gasteiger partial charge in [-0.25, -0.2) is 0 Å². The maximum atomic E-state index is 12.6. The van der Waals surface area contributed by atoms with Gasteiger partial charge in [-0.3, -0.25) is 9.59 Å². The van der Waals surface area contributed by atoms with Crippen molar-refractivity contribution < 1.29 is 27.6 Å². The van der Waals surface area contributed by atoms with Crippen molar-refractivity contribution >= 4 is 17.6 Å². The molecule has 0 aliphatic carbocycles. The Balaban J connectivity index is 2.71. The third kappa shape index (κ3) is 6.50. The topological polar surface area (TPSA) is 89.3 Å². The smallest absolute Gasteiger partial charge is 0.368 e. The molecule has 0 fully saturated rings. The van der Waals surface area contributed by atoms with E-state index in [1.165, 1.54) is 19.1 Å². The van der Waals surface area contributed by atoms with Gasteiger partial charge >= 0.3 is 6.18 Å². The molecule has 0 saturated carbocycles. The lowest BCUT2D eigenvalue weighted by atomic mass is 10.1. The number of carbonyl (C=O) groups is 3. The average molecular weight is 330 g/mol. The minimum atomic E-state index is -4.50. The number of nitrogens with two attached hydrogens (primary N) is 1. The molecule has 5 nitrogen and oxygen atoms in total. The van der Waals surface area contributed by atoms with Gasteiger partial charge in [-0.05, 0) is 25.0 Å². The number of Topliss-reactive ketones (excluding diaryl/α,β-unsaturated/α-hetero) is 1. The Bertz CT molecular complexity index is 600. The molecule has 0 saturated heterocycles. The number of nitrogens with one attached hydrogen (secondary N) is 1. The molecule has 1 aromatic carbocycles. The minimum Gasteiger partial charge on any atom is -0.368 e. The molecule has 0 aromatic heterocycles. The van der Waals surface area contributed by atoms with Crippen LogP contribution in [0.3, 0.4) is 0 Å². The van der Waals surface area contributed by atoms with Gasteiger partial charge in [0.25, 0.3) is 0 Å². The Kier molecular flexibility index (Phi) is 6.29. The van der Waals surface area contributed by atoms with Crippen molar-refractivity contribution in [1.82, 2.24) is 5.32 Å². The number of ketones is 1. The molecule has 0 aliphatic heterocycles. The summed E-state index contributed by atoms with van der Waals surface area (Å²) >= 11 is 0. The van der Waals surface area contributed by atoms with E-state index in [-0.39, 0.29) is 30.6 Å². The van der Waals surface area contributed by atoms with E-state index in [2.05, 4.69) is 5.32 Å². The second kappa shape index (κ2) is 7.75. The van der Waals surface area contributed by atoms with Crippen molar-refractivity contribution in [3.63, 3.8) is 0 Å². The summed E-state index contributed by atoms with van der Waals surface area (Å²) in [5.41, 5.74) is 4.44. The largest absolute Gasteiger partial charge is 0.416 e. The third-order valence-electron chi connectivity index (χ3n) is 3.08. The van der Waals surface area contributed by atoms with Crippen molar-refractivity contribution in [1.29, 1.82) is 0 Å². The highest BCUT2D eigenvalue weighted by molar-refractivity contribution is 5.88. The fourth-order valence-electron chi connectivity index (χ4n) is 1.92. The van der Waals surface area contributed by atoms with Crippen LogP contribution < -0.4 is 11.1 Å². The first kappa shape index (κ1) is 18.7. The Morgan fingerprint density at radius 2 is 1.91 bits per heavy atom. The summed E-state index contributed by atoms with van der Waals surface area (Å²) in [4.78, 5) is 34.0. The van der Waals surface area contributed by atoms with E-state index in [0.717, 1.165) is 12.1 Å². The van der Waals surface area contributed by atoms with Crippen LogP contribution in [-0.4, -0.2) is 23.6 Å². The van der Waals surface area contributed by atoms with Gasteiger partial charge in [0.05, 0.1) is 12.0 Å². The highest BCUT2D eigenvalue weighted by Crippen LogP contribution is 2.29. The van der Waals surface area contributed by atoms with E-state index in [0.29, 0.717) is 0 Å². The van der Waals surface area contributed by atoms with Crippen LogP contribution >= 0.6 is 0 Å². The summed E-state index contributed by atoms with van der Waals surface area (Å²) in [7, 11) is 0. The number of amides is 2. The summed E-state index contributed by atoms with van der Waals surface area (Å²) < 4.78 is 37.8. The molecule has 0 unspecified atom stereocenters. The van der Waals surface area contributed by atoms with Gasteiger partial charge < -0.3 is 15.8 Å². The molecule has 1 aromatic rings. The quantitative estimate of drug-likeness (QED) is 0.795. The molecule has 0 radical (unpaired) electrons. The number of benzene rings is 1. The second-order valence-electron chi connectivity index (χ2n) is 5.14. The van der Waals surface area contributed by atoms with Crippen LogP contribution in [0.15, 0.2) is 24.3 Å². The molecule has 2 amide bonds. The van der Waals surface area contributed by atoms with E-state index in [1.54, 1.807) is 0 Å². The molecule has 126 valence electrons. The van der Waals surface area contributed by atoms with Crippen LogP contribution in [-0.2, 0) is 27.0 Å². The Hall–Kier alpha value is -2.38. The molecular formula is C15H17F3N2O3.